The number of anilines is 1. The number of hydrogen-bond donors (Lipinski definition) is 3. The minimum Gasteiger partial charge on any atom is -0.481 e. The number of nitrogens with one attached hydrogen (secondary N) is 1. The summed E-state index contributed by atoms with van der Waals surface area (Å²) in [5.41, 5.74) is 11.4. The molecular weight excluding hydrogens is 338 g/mol. The fraction of sp³-hybridized carbons (Fsp3) is 0.455. The van der Waals surface area contributed by atoms with Crippen LogP contribution in [0.25, 0.3) is 5.57 Å². The Hall–Kier alpha value is -2.40. The minimum absolute atomic E-state index is 0.115. The molecule has 0 fully saturated rings. The van der Waals surface area contributed by atoms with Crippen molar-refractivity contribution in [2.24, 2.45) is 17.6 Å². The van der Waals surface area contributed by atoms with E-state index in [1.165, 1.54) is 6.21 Å². The summed E-state index contributed by atoms with van der Waals surface area (Å²) in [6.07, 6.45) is 8.00. The van der Waals surface area contributed by atoms with Crippen LogP contribution in [0.15, 0.2) is 30.4 Å². The maximum atomic E-state index is 11.0. The molecule has 0 saturated heterocycles. The van der Waals surface area contributed by atoms with Gasteiger partial charge in [-0.25, -0.2) is 0 Å². The molecule has 1 aromatic carbocycles. The van der Waals surface area contributed by atoms with Gasteiger partial charge in [-0.05, 0) is 48.1 Å². The first-order valence-corrected chi connectivity index (χ1v) is 9.46. The average molecular weight is 370 g/mol. The highest BCUT2D eigenvalue weighted by Gasteiger charge is 2.20. The number of aliphatic carboxylic acids is 1. The van der Waals surface area contributed by atoms with Crippen LogP contribution in [0, 0.1) is 24.2 Å². The van der Waals surface area contributed by atoms with Gasteiger partial charge in [-0.1, -0.05) is 32.1 Å². The number of hydrogen-bond acceptors (Lipinski definition) is 4. The highest BCUT2D eigenvalue weighted by Crippen LogP contribution is 2.34. The summed E-state index contributed by atoms with van der Waals surface area (Å²) in [6, 6.07) is 4.08. The Bertz CT molecular complexity index is 765. The van der Waals surface area contributed by atoms with E-state index in [2.05, 4.69) is 37.9 Å². The van der Waals surface area contributed by atoms with E-state index < -0.39 is 5.97 Å². The van der Waals surface area contributed by atoms with E-state index in [0.717, 1.165) is 34.5 Å². The smallest absolute Gasteiger partial charge is 0.303 e. The molecular formula is C22H31N3O2. The third-order valence-electron chi connectivity index (χ3n) is 4.93. The number of aryl methyl sites for hydroxylation is 2. The lowest BCUT2D eigenvalue weighted by Gasteiger charge is -2.28. The molecule has 1 aliphatic rings. The Morgan fingerprint density at radius 3 is 2.70 bits per heavy atom. The molecule has 4 N–H and O–H groups in total. The van der Waals surface area contributed by atoms with Gasteiger partial charge >= 0.3 is 5.97 Å². The first-order valence-electron chi connectivity index (χ1n) is 9.46. The molecule has 0 aromatic heterocycles. The quantitative estimate of drug-likeness (QED) is 0.610. The molecule has 0 amide bonds. The van der Waals surface area contributed by atoms with Crippen molar-refractivity contribution < 1.29 is 9.90 Å². The van der Waals surface area contributed by atoms with Gasteiger partial charge < -0.3 is 21.1 Å². The predicted octanol–water partition coefficient (Wildman–Crippen LogP) is 3.65. The van der Waals surface area contributed by atoms with E-state index in [-0.39, 0.29) is 18.4 Å². The number of nitrogens with zero attached hydrogens (tertiary/aromatic N) is 1. The van der Waals surface area contributed by atoms with Gasteiger partial charge in [-0.2, -0.15) is 0 Å². The molecule has 2 rings (SSSR count). The van der Waals surface area contributed by atoms with Gasteiger partial charge in [0.1, 0.15) is 0 Å². The van der Waals surface area contributed by atoms with Crippen molar-refractivity contribution >= 4 is 23.4 Å². The molecule has 5 heteroatoms. The zero-order valence-corrected chi connectivity index (χ0v) is 16.7. The largest absolute Gasteiger partial charge is 0.481 e. The maximum Gasteiger partial charge on any atom is 0.303 e. The number of benzene rings is 1. The summed E-state index contributed by atoms with van der Waals surface area (Å²) >= 11 is 0. The summed E-state index contributed by atoms with van der Waals surface area (Å²) in [5, 5.41) is 16.7. The Labute approximate surface area is 162 Å². The molecule has 0 spiro atoms. The summed E-state index contributed by atoms with van der Waals surface area (Å²) in [7, 11) is 2.09. The second kappa shape index (κ2) is 9.00. The lowest BCUT2D eigenvalue weighted by molar-refractivity contribution is -0.136. The minimum atomic E-state index is -0.788. The number of carbonyl (C=O) groups is 1. The molecule has 0 radical (unpaired) electrons. The molecule has 1 aliphatic carbocycles. The Morgan fingerprint density at radius 1 is 1.41 bits per heavy atom. The van der Waals surface area contributed by atoms with Gasteiger partial charge in [-0.3, -0.25) is 4.79 Å². The zero-order chi connectivity index (χ0) is 20.1. The van der Waals surface area contributed by atoms with Gasteiger partial charge in [0.2, 0.25) is 0 Å². The van der Waals surface area contributed by atoms with Crippen molar-refractivity contribution in [3.8, 4) is 0 Å². The topological polar surface area (TPSA) is 90.4 Å². The number of carboxylic acids is 1. The molecule has 2 unspecified atom stereocenters. The van der Waals surface area contributed by atoms with Crippen LogP contribution in [-0.2, 0) is 11.2 Å². The first-order chi connectivity index (χ1) is 12.7. The molecule has 0 bridgehead atoms. The van der Waals surface area contributed by atoms with E-state index in [4.69, 9.17) is 16.2 Å². The number of nitrogens with two attached hydrogens (primary N) is 1. The normalized spacial score (nSPS) is 19.1. The third-order valence-corrected chi connectivity index (χ3v) is 4.93. The Balaban J connectivity index is 2.53. The van der Waals surface area contributed by atoms with E-state index in [1.54, 1.807) is 0 Å². The van der Waals surface area contributed by atoms with Crippen molar-refractivity contribution in [1.29, 1.82) is 5.41 Å². The Kier molecular flexibility index (Phi) is 6.97. The summed E-state index contributed by atoms with van der Waals surface area (Å²) in [5.74, 6) is -0.394. The highest BCUT2D eigenvalue weighted by molar-refractivity contribution is 5.86. The third kappa shape index (κ3) is 5.30. The van der Waals surface area contributed by atoms with E-state index in [9.17, 15) is 4.79 Å². The second-order valence-electron chi connectivity index (χ2n) is 7.77. The fourth-order valence-corrected chi connectivity index (χ4v) is 3.50. The monoisotopic (exact) mass is 369 g/mol. The second-order valence-corrected chi connectivity index (χ2v) is 7.77. The van der Waals surface area contributed by atoms with Gasteiger partial charge in [-0.15, -0.1) is 0 Å². The lowest BCUT2D eigenvalue weighted by Crippen LogP contribution is -2.29. The Morgan fingerprint density at radius 2 is 2.11 bits per heavy atom. The summed E-state index contributed by atoms with van der Waals surface area (Å²) in [4.78, 5) is 13.3. The molecule has 0 saturated carbocycles. The molecule has 0 heterocycles. The van der Waals surface area contributed by atoms with Crippen molar-refractivity contribution in [2.75, 3.05) is 18.5 Å². The molecule has 146 valence electrons. The van der Waals surface area contributed by atoms with Crippen LogP contribution in [-0.4, -0.2) is 36.9 Å². The molecule has 27 heavy (non-hydrogen) atoms. The van der Waals surface area contributed by atoms with Gasteiger partial charge in [0, 0.05) is 49.4 Å². The molecule has 0 aliphatic heterocycles. The van der Waals surface area contributed by atoms with Crippen LogP contribution in [0.5, 0.6) is 0 Å². The van der Waals surface area contributed by atoms with Crippen molar-refractivity contribution in [2.45, 2.75) is 39.7 Å². The van der Waals surface area contributed by atoms with Gasteiger partial charge in [0.05, 0.1) is 0 Å². The molecule has 1 aromatic rings. The molecule has 5 nitrogen and oxygen atoms in total. The first kappa shape index (κ1) is 20.9. The number of carboxylic acid groups (broad SMARTS) is 1. The van der Waals surface area contributed by atoms with Gasteiger partial charge in [0.15, 0.2) is 0 Å². The van der Waals surface area contributed by atoms with E-state index in [0.29, 0.717) is 12.3 Å². The number of allylic oxidation sites excluding steroid dienone is 2. The summed E-state index contributed by atoms with van der Waals surface area (Å²) < 4.78 is 0. The summed E-state index contributed by atoms with van der Waals surface area (Å²) in [6.45, 7) is 7.34. The van der Waals surface area contributed by atoms with Crippen LogP contribution in [0.3, 0.4) is 0 Å². The van der Waals surface area contributed by atoms with Crippen LogP contribution in [0.4, 0.5) is 5.69 Å². The standard InChI is InChI=1S/C22H31N3O2/c1-14(2)13-25(4)21-9-15(3)16(6-8-22(26)27)11-19(21)17-5-7-20(24)18(10-17)12-23/h5,7,9-12,14,18,20,23H,6,8,13,24H2,1-4H3,(H,26,27). The lowest BCUT2D eigenvalue weighted by atomic mass is 9.87. The SMILES string of the molecule is Cc1cc(N(C)CC(C)C)c(C2=CC(C=N)C(N)C=C2)cc1CCC(=O)O. The van der Waals surface area contributed by atoms with Crippen LogP contribution in [0.1, 0.15) is 37.0 Å². The fourth-order valence-electron chi connectivity index (χ4n) is 3.50. The van der Waals surface area contributed by atoms with Crippen LogP contribution >= 0.6 is 0 Å². The maximum absolute atomic E-state index is 11.0. The van der Waals surface area contributed by atoms with Crippen molar-refractivity contribution in [3.63, 3.8) is 0 Å². The van der Waals surface area contributed by atoms with Crippen LogP contribution < -0.4 is 10.6 Å². The van der Waals surface area contributed by atoms with E-state index in [1.807, 2.05) is 25.2 Å². The van der Waals surface area contributed by atoms with Gasteiger partial charge in [0.25, 0.3) is 0 Å². The predicted molar refractivity (Wildman–Crippen MR) is 113 cm³/mol. The van der Waals surface area contributed by atoms with E-state index >= 15 is 0 Å². The zero-order valence-electron chi connectivity index (χ0n) is 16.7. The van der Waals surface area contributed by atoms with Crippen molar-refractivity contribution in [3.05, 3.63) is 47.1 Å². The van der Waals surface area contributed by atoms with Crippen molar-refractivity contribution in [1.82, 2.24) is 0 Å². The number of rotatable bonds is 8. The molecule has 2 atom stereocenters. The highest BCUT2D eigenvalue weighted by atomic mass is 16.4. The van der Waals surface area contributed by atoms with Crippen LogP contribution in [0.2, 0.25) is 0 Å². The average Bonchev–Trinajstić information content (AvgIpc) is 2.60.